The SMILES string of the molecule is CCCNCC(O)COc1ccc(Br)cc1. The zero-order chi connectivity index (χ0) is 11.8. The molecule has 1 unspecified atom stereocenters. The minimum atomic E-state index is -0.463. The minimum absolute atomic E-state index is 0.318. The standard InChI is InChI=1S/C12H18BrNO2/c1-2-7-14-8-11(15)9-16-12-5-3-10(13)4-6-12/h3-6,11,14-15H,2,7-9H2,1H3. The lowest BCUT2D eigenvalue weighted by Crippen LogP contribution is -2.31. The molecule has 0 aliphatic heterocycles. The molecule has 1 atom stereocenters. The Balaban J connectivity index is 2.20. The van der Waals surface area contributed by atoms with Crippen LogP contribution in [-0.2, 0) is 0 Å². The van der Waals surface area contributed by atoms with Gasteiger partial charge in [0.25, 0.3) is 0 Å². The van der Waals surface area contributed by atoms with Crippen LogP contribution in [0.25, 0.3) is 0 Å². The Morgan fingerprint density at radius 2 is 2.06 bits per heavy atom. The van der Waals surface area contributed by atoms with Crippen molar-refractivity contribution in [2.24, 2.45) is 0 Å². The number of halogens is 1. The quantitative estimate of drug-likeness (QED) is 0.756. The average molecular weight is 288 g/mol. The van der Waals surface area contributed by atoms with Crippen molar-refractivity contribution < 1.29 is 9.84 Å². The Hall–Kier alpha value is -0.580. The summed E-state index contributed by atoms with van der Waals surface area (Å²) < 4.78 is 6.46. The molecule has 1 aromatic carbocycles. The van der Waals surface area contributed by atoms with Crippen molar-refractivity contribution in [3.8, 4) is 5.75 Å². The predicted octanol–water partition coefficient (Wildman–Crippen LogP) is 2.19. The second kappa shape index (κ2) is 7.65. The van der Waals surface area contributed by atoms with Gasteiger partial charge in [0.15, 0.2) is 0 Å². The van der Waals surface area contributed by atoms with Crippen LogP contribution in [0.5, 0.6) is 5.75 Å². The molecule has 1 aromatic rings. The Labute approximate surface area is 105 Å². The molecule has 0 amide bonds. The van der Waals surface area contributed by atoms with E-state index >= 15 is 0 Å². The number of hydrogen-bond donors (Lipinski definition) is 2. The third-order valence-electron chi connectivity index (χ3n) is 2.06. The molecule has 0 saturated heterocycles. The van der Waals surface area contributed by atoms with Crippen LogP contribution in [0.15, 0.2) is 28.7 Å². The second-order valence-corrected chi connectivity index (χ2v) is 4.54. The molecule has 0 aromatic heterocycles. The highest BCUT2D eigenvalue weighted by Crippen LogP contribution is 2.16. The van der Waals surface area contributed by atoms with E-state index in [1.54, 1.807) is 0 Å². The molecule has 0 aliphatic rings. The first-order chi connectivity index (χ1) is 7.72. The van der Waals surface area contributed by atoms with Gasteiger partial charge >= 0.3 is 0 Å². The first-order valence-corrected chi connectivity index (χ1v) is 6.29. The molecule has 2 N–H and O–H groups in total. The van der Waals surface area contributed by atoms with Gasteiger partial charge in [-0.25, -0.2) is 0 Å². The van der Waals surface area contributed by atoms with Crippen LogP contribution in [0.1, 0.15) is 13.3 Å². The number of aliphatic hydroxyl groups excluding tert-OH is 1. The molecule has 1 rings (SSSR count). The Bertz CT molecular complexity index is 290. The van der Waals surface area contributed by atoms with Crippen LogP contribution in [0, 0.1) is 0 Å². The third-order valence-corrected chi connectivity index (χ3v) is 2.59. The van der Waals surface area contributed by atoms with Crippen molar-refractivity contribution in [1.82, 2.24) is 5.32 Å². The topological polar surface area (TPSA) is 41.5 Å². The fraction of sp³-hybridized carbons (Fsp3) is 0.500. The van der Waals surface area contributed by atoms with Crippen LogP contribution in [0.4, 0.5) is 0 Å². The second-order valence-electron chi connectivity index (χ2n) is 3.62. The van der Waals surface area contributed by atoms with Crippen molar-refractivity contribution in [2.75, 3.05) is 19.7 Å². The monoisotopic (exact) mass is 287 g/mol. The smallest absolute Gasteiger partial charge is 0.119 e. The van der Waals surface area contributed by atoms with Gasteiger partial charge in [-0.3, -0.25) is 0 Å². The fourth-order valence-corrected chi connectivity index (χ4v) is 1.49. The summed E-state index contributed by atoms with van der Waals surface area (Å²) in [5.74, 6) is 0.776. The first kappa shape index (κ1) is 13.5. The van der Waals surface area contributed by atoms with E-state index in [0.29, 0.717) is 13.2 Å². The number of rotatable bonds is 7. The van der Waals surface area contributed by atoms with E-state index in [2.05, 4.69) is 28.2 Å². The van der Waals surface area contributed by atoms with Crippen LogP contribution in [-0.4, -0.2) is 30.9 Å². The van der Waals surface area contributed by atoms with Crippen molar-refractivity contribution in [2.45, 2.75) is 19.4 Å². The first-order valence-electron chi connectivity index (χ1n) is 5.49. The summed E-state index contributed by atoms with van der Waals surface area (Å²) in [6.45, 7) is 3.91. The lowest BCUT2D eigenvalue weighted by Gasteiger charge is -2.12. The normalized spacial score (nSPS) is 12.4. The third kappa shape index (κ3) is 5.49. The van der Waals surface area contributed by atoms with E-state index in [1.807, 2.05) is 24.3 Å². The van der Waals surface area contributed by atoms with Gasteiger partial charge in [-0.15, -0.1) is 0 Å². The van der Waals surface area contributed by atoms with Gasteiger partial charge in [-0.1, -0.05) is 22.9 Å². The summed E-state index contributed by atoms with van der Waals surface area (Å²) in [6, 6.07) is 7.57. The number of aliphatic hydroxyl groups is 1. The van der Waals surface area contributed by atoms with E-state index in [9.17, 15) is 5.11 Å². The van der Waals surface area contributed by atoms with Gasteiger partial charge in [0, 0.05) is 11.0 Å². The molecule has 4 heteroatoms. The van der Waals surface area contributed by atoms with E-state index in [-0.39, 0.29) is 0 Å². The van der Waals surface area contributed by atoms with Crippen molar-refractivity contribution in [3.63, 3.8) is 0 Å². The number of ether oxygens (including phenoxy) is 1. The molecule has 16 heavy (non-hydrogen) atoms. The summed E-state index contributed by atoms with van der Waals surface area (Å²) in [5.41, 5.74) is 0. The summed E-state index contributed by atoms with van der Waals surface area (Å²) in [5, 5.41) is 12.7. The Kier molecular flexibility index (Phi) is 6.45. The van der Waals surface area contributed by atoms with Crippen LogP contribution in [0.3, 0.4) is 0 Å². The zero-order valence-electron chi connectivity index (χ0n) is 9.45. The van der Waals surface area contributed by atoms with Gasteiger partial charge in [0.05, 0.1) is 0 Å². The van der Waals surface area contributed by atoms with E-state index in [0.717, 1.165) is 23.2 Å². The average Bonchev–Trinajstić information content (AvgIpc) is 2.29. The van der Waals surface area contributed by atoms with Crippen molar-refractivity contribution in [1.29, 1.82) is 0 Å². The Morgan fingerprint density at radius 1 is 1.38 bits per heavy atom. The molecule has 0 bridgehead atoms. The summed E-state index contributed by atoms with van der Waals surface area (Å²) in [7, 11) is 0. The molecule has 90 valence electrons. The largest absolute Gasteiger partial charge is 0.491 e. The minimum Gasteiger partial charge on any atom is -0.491 e. The number of hydrogen-bond acceptors (Lipinski definition) is 3. The summed E-state index contributed by atoms with van der Waals surface area (Å²) in [4.78, 5) is 0. The highest BCUT2D eigenvalue weighted by atomic mass is 79.9. The number of benzene rings is 1. The van der Waals surface area contributed by atoms with Crippen LogP contribution in [0.2, 0.25) is 0 Å². The van der Waals surface area contributed by atoms with Gasteiger partial charge in [-0.05, 0) is 37.2 Å². The molecule has 0 fully saturated rings. The maximum atomic E-state index is 9.59. The van der Waals surface area contributed by atoms with Crippen molar-refractivity contribution in [3.05, 3.63) is 28.7 Å². The number of nitrogens with one attached hydrogen (secondary N) is 1. The maximum Gasteiger partial charge on any atom is 0.119 e. The fourth-order valence-electron chi connectivity index (χ4n) is 1.23. The molecule has 0 radical (unpaired) electrons. The predicted molar refractivity (Wildman–Crippen MR) is 68.8 cm³/mol. The molecule has 0 spiro atoms. The summed E-state index contributed by atoms with van der Waals surface area (Å²) in [6.07, 6.45) is 0.607. The Morgan fingerprint density at radius 3 is 2.69 bits per heavy atom. The van der Waals surface area contributed by atoms with Gasteiger partial charge < -0.3 is 15.2 Å². The molecule has 3 nitrogen and oxygen atoms in total. The lowest BCUT2D eigenvalue weighted by molar-refractivity contribution is 0.106. The van der Waals surface area contributed by atoms with E-state index in [1.165, 1.54) is 0 Å². The van der Waals surface area contributed by atoms with Crippen LogP contribution >= 0.6 is 15.9 Å². The molecule has 0 saturated carbocycles. The van der Waals surface area contributed by atoms with Gasteiger partial charge in [0.1, 0.15) is 18.5 Å². The highest BCUT2D eigenvalue weighted by Gasteiger charge is 2.04. The molecular weight excluding hydrogens is 270 g/mol. The molecule has 0 heterocycles. The van der Waals surface area contributed by atoms with E-state index < -0.39 is 6.10 Å². The lowest BCUT2D eigenvalue weighted by atomic mass is 10.3. The van der Waals surface area contributed by atoms with Crippen LogP contribution < -0.4 is 10.1 Å². The zero-order valence-corrected chi connectivity index (χ0v) is 11.0. The van der Waals surface area contributed by atoms with Gasteiger partial charge in [-0.2, -0.15) is 0 Å². The summed E-state index contributed by atoms with van der Waals surface area (Å²) >= 11 is 3.35. The van der Waals surface area contributed by atoms with Gasteiger partial charge in [0.2, 0.25) is 0 Å². The van der Waals surface area contributed by atoms with E-state index in [4.69, 9.17) is 4.74 Å². The maximum absolute atomic E-state index is 9.59. The highest BCUT2D eigenvalue weighted by molar-refractivity contribution is 9.10. The molecule has 0 aliphatic carbocycles. The molecular formula is C12H18BrNO2. The van der Waals surface area contributed by atoms with Crippen molar-refractivity contribution >= 4 is 15.9 Å².